The van der Waals surface area contributed by atoms with Gasteiger partial charge < -0.3 is 37.2 Å². The number of hydrogen-bond acceptors (Lipinski definition) is 0. The third-order valence-electron chi connectivity index (χ3n) is 12.6. The number of allylic oxidation sites excluding steroid dienone is 4. The van der Waals surface area contributed by atoms with Gasteiger partial charge in [0.05, 0.1) is 0 Å². The van der Waals surface area contributed by atoms with Crippen molar-refractivity contribution in [3.63, 3.8) is 0 Å². The van der Waals surface area contributed by atoms with Crippen molar-refractivity contribution < 1.29 is 57.7 Å². The van der Waals surface area contributed by atoms with Crippen LogP contribution in [0.15, 0.2) is 75.2 Å². The van der Waals surface area contributed by atoms with Crippen molar-refractivity contribution in [3.8, 4) is 0 Å². The molecule has 0 radical (unpaired) electrons. The van der Waals surface area contributed by atoms with E-state index in [0.717, 1.165) is 0 Å². The Morgan fingerprint density at radius 2 is 0.607 bits per heavy atom. The van der Waals surface area contributed by atoms with E-state index in [2.05, 4.69) is 221 Å². The van der Waals surface area contributed by atoms with Crippen LogP contribution in [0.25, 0.3) is 0 Å². The summed E-state index contributed by atoms with van der Waals surface area (Å²) < 4.78 is 1.62. The average Bonchev–Trinajstić information content (AvgIpc) is 3.14. The zero-order valence-corrected chi connectivity index (χ0v) is 50.2. The van der Waals surface area contributed by atoms with Crippen LogP contribution in [0.2, 0.25) is 123 Å². The normalized spacial score (nSPS) is 17.4. The molecule has 0 bridgehead atoms. The molecule has 0 amide bonds. The Balaban J connectivity index is 0.00000523. The van der Waals surface area contributed by atoms with Crippen LogP contribution >= 0.6 is 0 Å². The van der Waals surface area contributed by atoms with Gasteiger partial charge in [-0.1, -0.05) is 0 Å². The molecule has 3 aromatic rings. The molecule has 1 unspecified atom stereocenters. The van der Waals surface area contributed by atoms with Gasteiger partial charge >= 0.3 is 349 Å². The van der Waals surface area contributed by atoms with Gasteiger partial charge in [-0.3, -0.25) is 0 Å². The molecule has 56 heavy (non-hydrogen) atoms. The molecule has 0 nitrogen and oxygen atoms in total. The van der Waals surface area contributed by atoms with E-state index >= 15 is 0 Å². The van der Waals surface area contributed by atoms with Crippen molar-refractivity contribution in [2.75, 3.05) is 0 Å². The molecule has 0 saturated carbocycles. The molecule has 0 saturated heterocycles. The zero-order chi connectivity index (χ0) is 40.9. The fourth-order valence-electron chi connectivity index (χ4n) is 10.0. The topological polar surface area (TPSA) is 0 Å². The molecule has 1 atom stereocenters. The Bertz CT molecular complexity index is 1790. The van der Waals surface area contributed by atoms with E-state index in [9.17, 15) is 0 Å². The molecule has 1 aliphatic carbocycles. The molecular weight excluding hydrogens is 891 g/mol. The van der Waals surface area contributed by atoms with E-state index in [-0.39, 0.29) is 42.3 Å². The molecule has 308 valence electrons. The summed E-state index contributed by atoms with van der Waals surface area (Å²) in [4.78, 5) is 0. The standard InChI is InChI=1S/C45H75Si7.3ClH.Ti/c1-33-32-45(4,35(3)34(33)2)52(39-29-23-26-36(46(5,6)7)42(39)49(14,15)16,40-30-24-27-37(47(8,9)10)43(40)50(17,18)19)41-31-25-28-38(48(11,12)13)44(41)51(20,21)22;;;;/h23-31H,1-22H3;3*1H;/q;;;;+3/p-3. The summed E-state index contributed by atoms with van der Waals surface area (Å²) in [6, 6.07) is 23.5. The summed E-state index contributed by atoms with van der Waals surface area (Å²) in [5, 5.41) is 15.7. The van der Waals surface area contributed by atoms with Crippen LogP contribution in [-0.2, 0) is 20.4 Å². The smallest absolute Gasteiger partial charge is 1.00 e. The minimum absolute atomic E-state index is 0. The molecular formula is C45H75Cl3Si7Ti. The van der Waals surface area contributed by atoms with Gasteiger partial charge in [0.15, 0.2) is 0 Å². The first kappa shape index (κ1) is 54.3. The first-order valence-electron chi connectivity index (χ1n) is 20.2. The summed E-state index contributed by atoms with van der Waals surface area (Å²) in [5.41, 5.74) is 4.69. The van der Waals surface area contributed by atoms with Crippen LogP contribution in [0.4, 0.5) is 0 Å². The van der Waals surface area contributed by atoms with Crippen LogP contribution in [0, 0.1) is 0 Å². The Labute approximate surface area is 383 Å². The van der Waals surface area contributed by atoms with E-state index < -0.39 is 56.5 Å². The summed E-state index contributed by atoms with van der Waals surface area (Å²) >= 11 is 2.56. The molecule has 0 spiro atoms. The van der Waals surface area contributed by atoms with Gasteiger partial charge in [-0.15, -0.1) is 0 Å². The quantitative estimate of drug-likeness (QED) is 0.188. The molecule has 0 heterocycles. The fraction of sp³-hybridized carbons (Fsp3) is 0.511. The van der Waals surface area contributed by atoms with Crippen molar-refractivity contribution in [2.45, 2.75) is 151 Å². The van der Waals surface area contributed by atoms with Gasteiger partial charge in [0.1, 0.15) is 0 Å². The predicted molar refractivity (Wildman–Crippen MR) is 261 cm³/mol. The van der Waals surface area contributed by atoms with E-state index in [0.29, 0.717) is 0 Å². The maximum atomic E-state index is 2.77. The first-order chi connectivity index (χ1) is 23.7. The summed E-state index contributed by atoms with van der Waals surface area (Å²) in [5.74, 6) is 0. The molecule has 3 aromatic carbocycles. The second-order valence-corrected chi connectivity index (χ2v) is 57.8. The van der Waals surface area contributed by atoms with E-state index in [1.807, 2.05) is 0 Å². The maximum absolute atomic E-state index is 3.06. The van der Waals surface area contributed by atoms with Crippen molar-refractivity contribution in [3.05, 3.63) is 75.2 Å². The Morgan fingerprint density at radius 1 is 0.375 bits per heavy atom. The maximum Gasteiger partial charge on any atom is -1.00 e. The number of halogens is 3. The fourth-order valence-corrected chi connectivity index (χ4v) is 39.8. The molecule has 0 aliphatic heterocycles. The van der Waals surface area contributed by atoms with Gasteiger partial charge in [0.25, 0.3) is 0 Å². The molecule has 0 N–H and O–H groups in total. The van der Waals surface area contributed by atoms with Crippen LogP contribution in [0.3, 0.4) is 0 Å². The predicted octanol–water partition coefficient (Wildman–Crippen LogP) is -0.629. The third-order valence-corrected chi connectivity index (χ3v) is 33.8. The van der Waals surface area contributed by atoms with Crippen LogP contribution in [0.1, 0.15) is 27.7 Å². The van der Waals surface area contributed by atoms with Crippen LogP contribution in [0.5, 0.6) is 0 Å². The number of hydrogen-bond donors (Lipinski definition) is 0. The van der Waals surface area contributed by atoms with Crippen LogP contribution < -0.4 is 83.9 Å². The summed E-state index contributed by atoms with van der Waals surface area (Å²) in [6.45, 7) is 57.8. The zero-order valence-electron chi connectivity index (χ0n) is 39.3. The SMILES string of the molecule is CC1=C(C)C(C)([Si](c2cccc([Si](C)(C)C)c2[Si](C)(C)C)(c2cccc([Si](C)(C)C)c2[Si](C)(C)C)c2cccc([Si](C)(C)C)c2[Si](C)(C)C)[C]([Ti+3])=C1C.[Cl-].[Cl-].[Cl-]. The molecule has 0 aromatic heterocycles. The van der Waals surface area contributed by atoms with Crippen molar-refractivity contribution in [1.82, 2.24) is 0 Å². The summed E-state index contributed by atoms with van der Waals surface area (Å²) in [6.07, 6.45) is 0. The Morgan fingerprint density at radius 3 is 0.786 bits per heavy atom. The van der Waals surface area contributed by atoms with Gasteiger partial charge in [-0.05, 0) is 0 Å². The Kier molecular flexibility index (Phi) is 17.0. The monoisotopic (exact) mass is 964 g/mol. The third kappa shape index (κ3) is 9.21. The summed E-state index contributed by atoms with van der Waals surface area (Å²) in [7, 11) is -14.0. The van der Waals surface area contributed by atoms with E-state index in [4.69, 9.17) is 0 Å². The molecule has 11 heteroatoms. The molecule has 4 rings (SSSR count). The van der Waals surface area contributed by atoms with Gasteiger partial charge in [-0.2, -0.15) is 0 Å². The minimum Gasteiger partial charge on any atom is -1.00 e. The number of benzene rings is 3. The molecule has 0 fully saturated rings. The second-order valence-electron chi connectivity index (χ2n) is 22.8. The largest absolute Gasteiger partial charge is 1.00 e. The van der Waals surface area contributed by atoms with Crippen molar-refractivity contribution in [2.24, 2.45) is 0 Å². The van der Waals surface area contributed by atoms with Gasteiger partial charge in [0, 0.05) is 0 Å². The second kappa shape index (κ2) is 17.5. The van der Waals surface area contributed by atoms with Crippen molar-refractivity contribution in [1.29, 1.82) is 0 Å². The van der Waals surface area contributed by atoms with Crippen molar-refractivity contribution >= 4 is 103 Å². The minimum atomic E-state index is -3.06. The first-order valence-corrected chi connectivity index (χ1v) is 44.0. The average molecular weight is 967 g/mol. The van der Waals surface area contributed by atoms with E-state index in [1.165, 1.54) is 11.1 Å². The molecule has 1 aliphatic rings. The van der Waals surface area contributed by atoms with Gasteiger partial charge in [-0.25, -0.2) is 0 Å². The number of rotatable bonds is 10. The van der Waals surface area contributed by atoms with Crippen LogP contribution in [-0.4, -0.2) is 56.5 Å². The Hall–Kier alpha value is 0.242. The van der Waals surface area contributed by atoms with E-state index in [1.54, 1.807) is 56.1 Å². The van der Waals surface area contributed by atoms with Gasteiger partial charge in [0.2, 0.25) is 0 Å².